The standard InChI is InChI=1S/C19H22F2N8/c1-11-12(2)24-19-22-10-23-29(19)18(11)28-7-5-27(6-8-28)15-9-14(16(20)21)25-17(26-15)13-3-4-13/h9-10,13,16H,3-8H2,1-2H3. The van der Waals surface area contributed by atoms with E-state index in [1.165, 1.54) is 12.4 Å². The van der Waals surface area contributed by atoms with E-state index >= 15 is 0 Å². The van der Waals surface area contributed by atoms with Crippen LogP contribution in [0.4, 0.5) is 20.4 Å². The first-order valence-corrected chi connectivity index (χ1v) is 9.85. The van der Waals surface area contributed by atoms with Crippen molar-refractivity contribution in [3.8, 4) is 0 Å². The summed E-state index contributed by atoms with van der Waals surface area (Å²) in [5.74, 6) is 2.96. The molecule has 0 N–H and O–H groups in total. The zero-order chi connectivity index (χ0) is 20.1. The van der Waals surface area contributed by atoms with Crippen molar-refractivity contribution in [1.29, 1.82) is 0 Å². The fourth-order valence-electron chi connectivity index (χ4n) is 3.80. The molecule has 2 aliphatic rings. The molecule has 0 bridgehead atoms. The summed E-state index contributed by atoms with van der Waals surface area (Å²) >= 11 is 0. The van der Waals surface area contributed by atoms with Crippen LogP contribution in [0.1, 0.15) is 48.0 Å². The van der Waals surface area contributed by atoms with Crippen LogP contribution in [-0.2, 0) is 0 Å². The van der Waals surface area contributed by atoms with Gasteiger partial charge in [0.15, 0.2) is 0 Å². The van der Waals surface area contributed by atoms with Crippen molar-refractivity contribution in [3.63, 3.8) is 0 Å². The van der Waals surface area contributed by atoms with E-state index in [4.69, 9.17) is 0 Å². The van der Waals surface area contributed by atoms with Crippen molar-refractivity contribution >= 4 is 17.4 Å². The zero-order valence-corrected chi connectivity index (χ0v) is 16.4. The normalized spacial score (nSPS) is 17.6. The number of hydrogen-bond donors (Lipinski definition) is 0. The third kappa shape index (κ3) is 3.26. The molecule has 0 atom stereocenters. The Kier molecular flexibility index (Phi) is 4.29. The van der Waals surface area contributed by atoms with Gasteiger partial charge in [-0.3, -0.25) is 0 Å². The van der Waals surface area contributed by atoms with Crippen molar-refractivity contribution in [2.24, 2.45) is 0 Å². The third-order valence-corrected chi connectivity index (χ3v) is 5.70. The SMILES string of the molecule is Cc1nc2ncnn2c(N2CCN(c3cc(C(F)F)nc(C4CC4)n3)CC2)c1C. The van der Waals surface area contributed by atoms with Crippen molar-refractivity contribution in [2.75, 3.05) is 36.0 Å². The minimum atomic E-state index is -2.58. The first kappa shape index (κ1) is 18.1. The number of anilines is 2. The molecular formula is C19H22F2N8. The Bertz CT molecular complexity index is 1030. The topological polar surface area (TPSA) is 75.3 Å². The Labute approximate surface area is 166 Å². The molecule has 29 heavy (non-hydrogen) atoms. The van der Waals surface area contributed by atoms with E-state index < -0.39 is 6.43 Å². The predicted octanol–water partition coefficient (Wildman–Crippen LogP) is 2.67. The summed E-state index contributed by atoms with van der Waals surface area (Å²) in [7, 11) is 0. The molecule has 1 aliphatic carbocycles. The molecule has 1 aliphatic heterocycles. The number of aromatic nitrogens is 6. The monoisotopic (exact) mass is 400 g/mol. The van der Waals surface area contributed by atoms with Crippen LogP contribution in [0.3, 0.4) is 0 Å². The highest BCUT2D eigenvalue weighted by molar-refractivity contribution is 5.55. The van der Waals surface area contributed by atoms with Crippen molar-refractivity contribution in [3.05, 3.63) is 35.2 Å². The molecule has 8 nitrogen and oxygen atoms in total. The summed E-state index contributed by atoms with van der Waals surface area (Å²) in [6.07, 6.45) is 0.884. The highest BCUT2D eigenvalue weighted by Crippen LogP contribution is 2.39. The van der Waals surface area contributed by atoms with Crippen molar-refractivity contribution < 1.29 is 8.78 Å². The van der Waals surface area contributed by atoms with E-state index in [1.54, 1.807) is 4.52 Å². The van der Waals surface area contributed by atoms with Crippen LogP contribution in [0, 0.1) is 13.8 Å². The van der Waals surface area contributed by atoms with Gasteiger partial charge in [0.2, 0.25) is 0 Å². The van der Waals surface area contributed by atoms with E-state index in [-0.39, 0.29) is 11.6 Å². The molecule has 2 fully saturated rings. The Morgan fingerprint density at radius 2 is 1.72 bits per heavy atom. The highest BCUT2D eigenvalue weighted by atomic mass is 19.3. The van der Waals surface area contributed by atoms with Gasteiger partial charge in [0.05, 0.1) is 0 Å². The molecular weight excluding hydrogens is 378 g/mol. The summed E-state index contributed by atoms with van der Waals surface area (Å²) in [5, 5.41) is 4.33. The smallest absolute Gasteiger partial charge is 0.280 e. The minimum absolute atomic E-state index is 0.177. The fraction of sp³-hybridized carbons (Fsp3) is 0.526. The molecule has 3 aromatic rings. The maximum atomic E-state index is 13.3. The molecule has 3 aromatic heterocycles. The second-order valence-corrected chi connectivity index (χ2v) is 7.68. The lowest BCUT2D eigenvalue weighted by molar-refractivity contribution is 0.145. The van der Waals surface area contributed by atoms with E-state index in [2.05, 4.69) is 34.8 Å². The fourth-order valence-corrected chi connectivity index (χ4v) is 3.80. The Morgan fingerprint density at radius 3 is 2.41 bits per heavy atom. The van der Waals surface area contributed by atoms with Gasteiger partial charge in [-0.05, 0) is 26.7 Å². The van der Waals surface area contributed by atoms with Gasteiger partial charge in [-0.2, -0.15) is 14.6 Å². The lowest BCUT2D eigenvalue weighted by Crippen LogP contribution is -2.48. The van der Waals surface area contributed by atoms with Crippen LogP contribution >= 0.6 is 0 Å². The van der Waals surface area contributed by atoms with Gasteiger partial charge in [-0.25, -0.2) is 23.7 Å². The highest BCUT2D eigenvalue weighted by Gasteiger charge is 2.30. The van der Waals surface area contributed by atoms with Crippen molar-refractivity contribution in [1.82, 2.24) is 29.5 Å². The second-order valence-electron chi connectivity index (χ2n) is 7.68. The van der Waals surface area contributed by atoms with E-state index in [0.29, 0.717) is 30.5 Å². The van der Waals surface area contributed by atoms with Crippen LogP contribution in [0.5, 0.6) is 0 Å². The second kappa shape index (κ2) is 6.85. The number of aryl methyl sites for hydroxylation is 1. The number of halogens is 2. The number of piperazine rings is 1. The summed E-state index contributed by atoms with van der Waals surface area (Å²) < 4.78 is 28.4. The van der Waals surface area contributed by atoms with Gasteiger partial charge in [-0.15, -0.1) is 0 Å². The van der Waals surface area contributed by atoms with Gasteiger partial charge in [-0.1, -0.05) is 0 Å². The average molecular weight is 400 g/mol. The van der Waals surface area contributed by atoms with E-state index in [0.717, 1.165) is 43.0 Å². The summed E-state index contributed by atoms with van der Waals surface area (Å²) in [6, 6.07) is 1.43. The first-order chi connectivity index (χ1) is 14.0. The Morgan fingerprint density at radius 1 is 1.00 bits per heavy atom. The quantitative estimate of drug-likeness (QED) is 0.666. The lowest BCUT2D eigenvalue weighted by Gasteiger charge is -2.37. The average Bonchev–Trinajstić information content (AvgIpc) is 3.48. The molecule has 0 radical (unpaired) electrons. The summed E-state index contributed by atoms with van der Waals surface area (Å²) in [6.45, 7) is 6.82. The molecule has 152 valence electrons. The number of fused-ring (bicyclic) bond motifs is 1. The van der Waals surface area contributed by atoms with Gasteiger partial charge >= 0.3 is 0 Å². The molecule has 0 amide bonds. The first-order valence-electron chi connectivity index (χ1n) is 9.85. The van der Waals surface area contributed by atoms with Crippen LogP contribution in [0.2, 0.25) is 0 Å². The Balaban J connectivity index is 1.40. The molecule has 1 saturated carbocycles. The van der Waals surface area contributed by atoms with Crippen LogP contribution < -0.4 is 9.80 Å². The minimum Gasteiger partial charge on any atom is -0.353 e. The number of rotatable bonds is 4. The lowest BCUT2D eigenvalue weighted by atomic mass is 10.2. The van der Waals surface area contributed by atoms with Gasteiger partial charge in [0, 0.05) is 49.4 Å². The molecule has 5 rings (SSSR count). The zero-order valence-electron chi connectivity index (χ0n) is 16.4. The van der Waals surface area contributed by atoms with Crippen LogP contribution in [-0.4, -0.2) is 55.7 Å². The molecule has 0 spiro atoms. The Hall–Kier alpha value is -2.91. The summed E-state index contributed by atoms with van der Waals surface area (Å²) in [5.41, 5.74) is 1.81. The largest absolute Gasteiger partial charge is 0.353 e. The molecule has 10 heteroatoms. The van der Waals surface area contributed by atoms with Gasteiger partial charge in [0.1, 0.15) is 29.5 Å². The third-order valence-electron chi connectivity index (χ3n) is 5.70. The maximum absolute atomic E-state index is 13.3. The van der Waals surface area contributed by atoms with Crippen molar-refractivity contribution in [2.45, 2.75) is 39.0 Å². The van der Waals surface area contributed by atoms with E-state index in [1.807, 2.05) is 13.8 Å². The molecule has 0 aromatic carbocycles. The van der Waals surface area contributed by atoms with Gasteiger partial charge < -0.3 is 9.80 Å². The van der Waals surface area contributed by atoms with Crippen LogP contribution in [0.25, 0.3) is 5.78 Å². The number of nitrogens with zero attached hydrogens (tertiary/aromatic N) is 8. The van der Waals surface area contributed by atoms with Crippen LogP contribution in [0.15, 0.2) is 12.4 Å². The van der Waals surface area contributed by atoms with E-state index in [9.17, 15) is 8.78 Å². The van der Waals surface area contributed by atoms with Gasteiger partial charge in [0.25, 0.3) is 12.2 Å². The molecule has 1 saturated heterocycles. The molecule has 4 heterocycles. The number of hydrogen-bond acceptors (Lipinski definition) is 7. The number of alkyl halides is 2. The predicted molar refractivity (Wildman–Crippen MR) is 104 cm³/mol. The summed E-state index contributed by atoms with van der Waals surface area (Å²) in [4.78, 5) is 21.7. The maximum Gasteiger partial charge on any atom is 0.280 e. The molecule has 0 unspecified atom stereocenters.